The minimum atomic E-state index is 0.109. The normalized spacial score (nSPS) is 10.3. The van der Waals surface area contributed by atoms with Crippen LogP contribution in [0.15, 0.2) is 24.8 Å². The Bertz CT molecular complexity index is 276. The smallest absolute Gasteiger partial charge is 0.0833 e. The van der Waals surface area contributed by atoms with Gasteiger partial charge < -0.3 is 9.67 Å². The molecular weight excluding hydrogens is 162 g/mol. The van der Waals surface area contributed by atoms with E-state index in [1.165, 1.54) is 5.69 Å². The van der Waals surface area contributed by atoms with Gasteiger partial charge in [-0.15, -0.1) is 6.58 Å². The van der Waals surface area contributed by atoms with Crippen molar-refractivity contribution in [2.24, 2.45) is 0 Å². The second-order valence-corrected chi connectivity index (χ2v) is 3.12. The first kappa shape index (κ1) is 10.1. The number of hydrogen-bond acceptors (Lipinski definition) is 1. The van der Waals surface area contributed by atoms with Crippen molar-refractivity contribution in [2.45, 2.75) is 32.9 Å². The minimum absolute atomic E-state index is 0.109. The summed E-state index contributed by atoms with van der Waals surface area (Å²) < 4.78 is 2.12. The van der Waals surface area contributed by atoms with Crippen molar-refractivity contribution in [1.82, 2.24) is 4.57 Å². The van der Waals surface area contributed by atoms with E-state index >= 15 is 0 Å². The van der Waals surface area contributed by atoms with Crippen molar-refractivity contribution in [3.63, 3.8) is 0 Å². The summed E-state index contributed by atoms with van der Waals surface area (Å²) in [5, 5.41) is 9.07. The zero-order chi connectivity index (χ0) is 9.68. The Morgan fingerprint density at radius 3 is 2.69 bits per heavy atom. The Balaban J connectivity index is 2.91. The molecule has 13 heavy (non-hydrogen) atoms. The predicted molar refractivity (Wildman–Crippen MR) is 54.5 cm³/mol. The third-order valence-corrected chi connectivity index (χ3v) is 2.14. The van der Waals surface area contributed by atoms with Crippen LogP contribution in [0.1, 0.15) is 24.7 Å². The Morgan fingerprint density at radius 2 is 2.15 bits per heavy atom. The van der Waals surface area contributed by atoms with Crippen molar-refractivity contribution >= 4 is 0 Å². The van der Waals surface area contributed by atoms with E-state index in [0.717, 1.165) is 25.1 Å². The van der Waals surface area contributed by atoms with E-state index in [-0.39, 0.29) is 6.61 Å². The molecule has 1 aromatic heterocycles. The third-order valence-electron chi connectivity index (χ3n) is 2.14. The number of aliphatic hydroxyl groups is 1. The van der Waals surface area contributed by atoms with Crippen LogP contribution in [-0.4, -0.2) is 9.67 Å². The topological polar surface area (TPSA) is 25.2 Å². The Labute approximate surface area is 79.5 Å². The van der Waals surface area contributed by atoms with E-state index in [4.69, 9.17) is 5.11 Å². The zero-order valence-corrected chi connectivity index (χ0v) is 8.16. The van der Waals surface area contributed by atoms with Crippen LogP contribution in [0, 0.1) is 0 Å². The van der Waals surface area contributed by atoms with E-state index in [9.17, 15) is 0 Å². The lowest BCUT2D eigenvalue weighted by Gasteiger charge is -2.08. The molecule has 1 aromatic rings. The number of aromatic nitrogens is 1. The molecule has 0 aromatic carbocycles. The average molecular weight is 179 g/mol. The SMILES string of the molecule is C=CCn1c(CO)ccc1CCC. The molecule has 2 nitrogen and oxygen atoms in total. The van der Waals surface area contributed by atoms with Crippen LogP contribution in [0.4, 0.5) is 0 Å². The molecule has 0 aliphatic heterocycles. The van der Waals surface area contributed by atoms with E-state index in [2.05, 4.69) is 24.1 Å². The van der Waals surface area contributed by atoms with Crippen LogP contribution in [0.25, 0.3) is 0 Å². The van der Waals surface area contributed by atoms with E-state index < -0.39 is 0 Å². The highest BCUT2D eigenvalue weighted by Gasteiger charge is 2.04. The molecule has 0 saturated heterocycles. The second kappa shape index (κ2) is 4.87. The maximum Gasteiger partial charge on any atom is 0.0833 e. The van der Waals surface area contributed by atoms with Crippen molar-refractivity contribution in [2.75, 3.05) is 0 Å². The van der Waals surface area contributed by atoms with Crippen LogP contribution in [0.5, 0.6) is 0 Å². The fraction of sp³-hybridized carbons (Fsp3) is 0.455. The van der Waals surface area contributed by atoms with Crippen LogP contribution in [0.2, 0.25) is 0 Å². The van der Waals surface area contributed by atoms with Gasteiger partial charge in [0.1, 0.15) is 0 Å². The molecule has 0 amide bonds. The lowest BCUT2D eigenvalue weighted by Crippen LogP contribution is -2.05. The summed E-state index contributed by atoms with van der Waals surface area (Å²) in [6, 6.07) is 4.06. The molecule has 72 valence electrons. The summed E-state index contributed by atoms with van der Waals surface area (Å²) in [4.78, 5) is 0. The van der Waals surface area contributed by atoms with Gasteiger partial charge in [-0.1, -0.05) is 19.4 Å². The maximum absolute atomic E-state index is 9.07. The fourth-order valence-corrected chi connectivity index (χ4v) is 1.53. The molecule has 0 radical (unpaired) electrons. The van der Waals surface area contributed by atoms with Gasteiger partial charge in [-0.05, 0) is 18.6 Å². The van der Waals surface area contributed by atoms with Gasteiger partial charge in [0.05, 0.1) is 6.61 Å². The number of aliphatic hydroxyl groups excluding tert-OH is 1. The molecule has 2 heteroatoms. The summed E-state index contributed by atoms with van der Waals surface area (Å²) in [5.74, 6) is 0. The highest BCUT2D eigenvalue weighted by molar-refractivity contribution is 5.16. The molecule has 1 heterocycles. The molecule has 1 rings (SSSR count). The largest absolute Gasteiger partial charge is 0.390 e. The number of rotatable bonds is 5. The molecular formula is C11H17NO. The molecule has 0 aliphatic rings. The lowest BCUT2D eigenvalue weighted by molar-refractivity contribution is 0.271. The third kappa shape index (κ3) is 2.22. The highest BCUT2D eigenvalue weighted by atomic mass is 16.3. The second-order valence-electron chi connectivity index (χ2n) is 3.12. The molecule has 0 bridgehead atoms. The molecule has 0 spiro atoms. The summed E-state index contributed by atoms with van der Waals surface area (Å²) in [5.41, 5.74) is 2.26. The number of hydrogen-bond donors (Lipinski definition) is 1. The first-order valence-corrected chi connectivity index (χ1v) is 4.72. The van der Waals surface area contributed by atoms with E-state index in [1.54, 1.807) is 0 Å². The molecule has 0 unspecified atom stereocenters. The number of nitrogens with zero attached hydrogens (tertiary/aromatic N) is 1. The van der Waals surface area contributed by atoms with Gasteiger partial charge in [0.2, 0.25) is 0 Å². The molecule has 1 N–H and O–H groups in total. The van der Waals surface area contributed by atoms with Gasteiger partial charge in [-0.2, -0.15) is 0 Å². The Morgan fingerprint density at radius 1 is 1.46 bits per heavy atom. The molecule has 0 atom stereocenters. The zero-order valence-electron chi connectivity index (χ0n) is 8.16. The van der Waals surface area contributed by atoms with Gasteiger partial charge in [0, 0.05) is 17.9 Å². The van der Waals surface area contributed by atoms with Gasteiger partial charge in [-0.3, -0.25) is 0 Å². The summed E-state index contributed by atoms with van der Waals surface area (Å²) in [7, 11) is 0. The highest BCUT2D eigenvalue weighted by Crippen LogP contribution is 2.11. The number of aryl methyl sites for hydroxylation is 1. The van der Waals surface area contributed by atoms with Crippen molar-refractivity contribution in [1.29, 1.82) is 0 Å². The van der Waals surface area contributed by atoms with Crippen LogP contribution in [0.3, 0.4) is 0 Å². The lowest BCUT2D eigenvalue weighted by atomic mass is 10.2. The maximum atomic E-state index is 9.07. The average Bonchev–Trinajstić information content (AvgIpc) is 2.50. The van der Waals surface area contributed by atoms with Gasteiger partial charge in [0.25, 0.3) is 0 Å². The summed E-state index contributed by atoms with van der Waals surface area (Å²) in [6.45, 7) is 6.76. The van der Waals surface area contributed by atoms with E-state index in [0.29, 0.717) is 0 Å². The molecule has 0 fully saturated rings. The van der Waals surface area contributed by atoms with Gasteiger partial charge in [-0.25, -0.2) is 0 Å². The van der Waals surface area contributed by atoms with Gasteiger partial charge in [0.15, 0.2) is 0 Å². The molecule has 0 aliphatic carbocycles. The molecule has 0 saturated carbocycles. The first-order chi connectivity index (χ1) is 6.33. The number of allylic oxidation sites excluding steroid dienone is 1. The van der Waals surface area contributed by atoms with Crippen LogP contribution >= 0.6 is 0 Å². The minimum Gasteiger partial charge on any atom is -0.390 e. The monoisotopic (exact) mass is 179 g/mol. The predicted octanol–water partition coefficient (Wildman–Crippen LogP) is 2.12. The summed E-state index contributed by atoms with van der Waals surface area (Å²) in [6.07, 6.45) is 4.05. The van der Waals surface area contributed by atoms with Crippen molar-refractivity contribution in [3.05, 3.63) is 36.2 Å². The Hall–Kier alpha value is -1.02. The van der Waals surface area contributed by atoms with E-state index in [1.807, 2.05) is 12.1 Å². The van der Waals surface area contributed by atoms with Crippen molar-refractivity contribution < 1.29 is 5.11 Å². The summed E-state index contributed by atoms with van der Waals surface area (Å²) >= 11 is 0. The standard InChI is InChI=1S/C11H17NO/c1-3-5-10-6-7-11(9-13)12(10)8-4-2/h4,6-7,13H,2-3,5,8-9H2,1H3. The fourth-order valence-electron chi connectivity index (χ4n) is 1.53. The Kier molecular flexibility index (Phi) is 3.77. The first-order valence-electron chi connectivity index (χ1n) is 4.72. The van der Waals surface area contributed by atoms with Crippen molar-refractivity contribution in [3.8, 4) is 0 Å². The van der Waals surface area contributed by atoms with Crippen LogP contribution < -0.4 is 0 Å². The van der Waals surface area contributed by atoms with Crippen LogP contribution in [-0.2, 0) is 19.6 Å². The quantitative estimate of drug-likeness (QED) is 0.688. The van der Waals surface area contributed by atoms with Gasteiger partial charge >= 0.3 is 0 Å².